The van der Waals surface area contributed by atoms with E-state index in [9.17, 15) is 22.4 Å². The van der Waals surface area contributed by atoms with Crippen molar-refractivity contribution in [3.05, 3.63) is 29.3 Å². The van der Waals surface area contributed by atoms with Crippen LogP contribution in [-0.4, -0.2) is 40.4 Å². The van der Waals surface area contributed by atoms with Crippen LogP contribution < -0.4 is 0 Å². The molecular formula is C12H10F4N2O3. The number of ether oxygens (including phenoxy) is 1. The third kappa shape index (κ3) is 3.91. The van der Waals surface area contributed by atoms with Gasteiger partial charge in [-0.1, -0.05) is 0 Å². The second-order valence-electron chi connectivity index (χ2n) is 4.26. The van der Waals surface area contributed by atoms with Crippen molar-refractivity contribution in [1.29, 1.82) is 0 Å². The molecule has 2 rings (SSSR count). The standard InChI is InChI=1S/C12H10F4N2O3/c13-7-4-9-8(3-6(7)11(19)20)17-10(18-9)1-2-21-5-12(14,15)16/h3-4H,1-2,5H2,(H,17,18)(H,19,20). The number of carbonyl (C=O) groups is 1. The second-order valence-corrected chi connectivity index (χ2v) is 4.26. The number of hydrogen-bond donors (Lipinski definition) is 2. The maximum Gasteiger partial charge on any atom is 0.411 e. The zero-order chi connectivity index (χ0) is 15.6. The van der Waals surface area contributed by atoms with Gasteiger partial charge in [0.05, 0.1) is 23.2 Å². The van der Waals surface area contributed by atoms with Gasteiger partial charge in [-0.3, -0.25) is 0 Å². The first-order chi connectivity index (χ1) is 9.76. The Kier molecular flexibility index (Phi) is 4.12. The van der Waals surface area contributed by atoms with Crippen LogP contribution in [0.25, 0.3) is 11.0 Å². The average Bonchev–Trinajstić information content (AvgIpc) is 2.74. The van der Waals surface area contributed by atoms with Crippen molar-refractivity contribution in [2.75, 3.05) is 13.2 Å². The molecule has 0 radical (unpaired) electrons. The van der Waals surface area contributed by atoms with Gasteiger partial charge in [0.15, 0.2) is 0 Å². The number of nitrogens with one attached hydrogen (secondary N) is 1. The van der Waals surface area contributed by atoms with E-state index in [2.05, 4.69) is 14.7 Å². The van der Waals surface area contributed by atoms with Gasteiger partial charge in [-0.05, 0) is 6.07 Å². The van der Waals surface area contributed by atoms with Crippen molar-refractivity contribution in [3.63, 3.8) is 0 Å². The Morgan fingerprint density at radius 3 is 2.71 bits per heavy atom. The molecular weight excluding hydrogens is 296 g/mol. The van der Waals surface area contributed by atoms with Gasteiger partial charge in [0, 0.05) is 12.5 Å². The number of rotatable bonds is 5. The number of fused-ring (bicyclic) bond motifs is 1. The molecule has 0 bridgehead atoms. The van der Waals surface area contributed by atoms with Crippen LogP contribution in [-0.2, 0) is 11.2 Å². The Morgan fingerprint density at radius 1 is 1.38 bits per heavy atom. The molecule has 0 aliphatic heterocycles. The summed E-state index contributed by atoms with van der Waals surface area (Å²) < 4.78 is 53.5. The van der Waals surface area contributed by atoms with Crippen LogP contribution >= 0.6 is 0 Å². The fraction of sp³-hybridized carbons (Fsp3) is 0.333. The molecule has 21 heavy (non-hydrogen) atoms. The first-order valence-corrected chi connectivity index (χ1v) is 5.82. The molecule has 114 valence electrons. The summed E-state index contributed by atoms with van der Waals surface area (Å²) in [6.45, 7) is -1.57. The molecule has 2 N–H and O–H groups in total. The van der Waals surface area contributed by atoms with Gasteiger partial charge in [-0.2, -0.15) is 13.2 Å². The minimum Gasteiger partial charge on any atom is -0.478 e. The van der Waals surface area contributed by atoms with E-state index in [1.54, 1.807) is 0 Å². The van der Waals surface area contributed by atoms with E-state index < -0.39 is 30.1 Å². The van der Waals surface area contributed by atoms with Crippen molar-refractivity contribution >= 4 is 17.0 Å². The van der Waals surface area contributed by atoms with Gasteiger partial charge in [-0.15, -0.1) is 0 Å². The molecule has 2 aromatic rings. The average molecular weight is 306 g/mol. The van der Waals surface area contributed by atoms with Gasteiger partial charge in [-0.25, -0.2) is 14.2 Å². The molecule has 1 aromatic carbocycles. The summed E-state index contributed by atoms with van der Waals surface area (Å²) in [7, 11) is 0. The van der Waals surface area contributed by atoms with Gasteiger partial charge in [0.25, 0.3) is 0 Å². The SMILES string of the molecule is O=C(O)c1cc2nc(CCOCC(F)(F)F)[nH]c2cc1F. The summed E-state index contributed by atoms with van der Waals surface area (Å²) in [5.41, 5.74) is -0.0307. The number of imidazole rings is 1. The van der Waals surface area contributed by atoms with Crippen LogP contribution in [0.1, 0.15) is 16.2 Å². The van der Waals surface area contributed by atoms with Crippen molar-refractivity contribution in [2.45, 2.75) is 12.6 Å². The topological polar surface area (TPSA) is 75.2 Å². The van der Waals surface area contributed by atoms with Crippen molar-refractivity contribution in [2.24, 2.45) is 0 Å². The lowest BCUT2D eigenvalue weighted by Gasteiger charge is -2.06. The second kappa shape index (κ2) is 5.68. The molecule has 0 aliphatic carbocycles. The highest BCUT2D eigenvalue weighted by atomic mass is 19.4. The highest BCUT2D eigenvalue weighted by Gasteiger charge is 2.27. The lowest BCUT2D eigenvalue weighted by Crippen LogP contribution is -2.18. The summed E-state index contributed by atoms with van der Waals surface area (Å²) in [5.74, 6) is -2.06. The lowest BCUT2D eigenvalue weighted by atomic mass is 10.2. The Balaban J connectivity index is 2.07. The molecule has 0 unspecified atom stereocenters. The lowest BCUT2D eigenvalue weighted by molar-refractivity contribution is -0.173. The smallest absolute Gasteiger partial charge is 0.411 e. The van der Waals surface area contributed by atoms with E-state index in [-0.39, 0.29) is 29.9 Å². The Morgan fingerprint density at radius 2 is 2.10 bits per heavy atom. The van der Waals surface area contributed by atoms with Gasteiger partial charge < -0.3 is 14.8 Å². The van der Waals surface area contributed by atoms with E-state index in [1.165, 1.54) is 0 Å². The number of H-pyrrole nitrogens is 1. The molecule has 0 aliphatic rings. The Hall–Kier alpha value is -2.16. The number of benzene rings is 1. The van der Waals surface area contributed by atoms with Gasteiger partial charge in [0.1, 0.15) is 18.2 Å². The fourth-order valence-electron chi connectivity index (χ4n) is 1.72. The predicted molar refractivity (Wildman–Crippen MR) is 63.6 cm³/mol. The maximum atomic E-state index is 13.4. The molecule has 0 saturated carbocycles. The van der Waals surface area contributed by atoms with Crippen LogP contribution in [0.15, 0.2) is 12.1 Å². The van der Waals surface area contributed by atoms with E-state index in [1.807, 2.05) is 0 Å². The van der Waals surface area contributed by atoms with E-state index in [4.69, 9.17) is 5.11 Å². The van der Waals surface area contributed by atoms with Crippen molar-refractivity contribution in [1.82, 2.24) is 9.97 Å². The quantitative estimate of drug-likeness (QED) is 0.657. The molecule has 0 saturated heterocycles. The van der Waals surface area contributed by atoms with Crippen molar-refractivity contribution < 1.29 is 32.2 Å². The van der Waals surface area contributed by atoms with Crippen LogP contribution in [0, 0.1) is 5.82 Å². The minimum absolute atomic E-state index is 0.0643. The third-order valence-electron chi connectivity index (χ3n) is 2.60. The third-order valence-corrected chi connectivity index (χ3v) is 2.60. The van der Waals surface area contributed by atoms with E-state index >= 15 is 0 Å². The summed E-state index contributed by atoms with van der Waals surface area (Å²) in [6, 6.07) is 2.04. The first kappa shape index (κ1) is 15.2. The zero-order valence-corrected chi connectivity index (χ0v) is 10.5. The van der Waals surface area contributed by atoms with Crippen LogP contribution in [0.4, 0.5) is 17.6 Å². The molecule has 0 spiro atoms. The summed E-state index contributed by atoms with van der Waals surface area (Å²) in [6.07, 6.45) is -4.33. The highest BCUT2D eigenvalue weighted by molar-refractivity contribution is 5.92. The molecule has 0 fully saturated rings. The van der Waals surface area contributed by atoms with Crippen molar-refractivity contribution in [3.8, 4) is 0 Å². The number of aromatic amines is 1. The number of aromatic carboxylic acids is 1. The number of aromatic nitrogens is 2. The minimum atomic E-state index is -4.40. The van der Waals surface area contributed by atoms with E-state index in [0.29, 0.717) is 0 Å². The van der Waals surface area contributed by atoms with Gasteiger partial charge >= 0.3 is 12.1 Å². The fourth-order valence-corrected chi connectivity index (χ4v) is 1.72. The predicted octanol–water partition coefficient (Wildman–Crippen LogP) is 2.52. The van der Waals surface area contributed by atoms with E-state index in [0.717, 1.165) is 12.1 Å². The van der Waals surface area contributed by atoms with Crippen LogP contribution in [0.2, 0.25) is 0 Å². The monoisotopic (exact) mass is 306 g/mol. The summed E-state index contributed by atoms with van der Waals surface area (Å²) >= 11 is 0. The molecule has 0 atom stereocenters. The number of carboxylic acid groups (broad SMARTS) is 1. The normalized spacial score (nSPS) is 12.0. The molecule has 0 amide bonds. The molecule has 9 heteroatoms. The molecule has 5 nitrogen and oxygen atoms in total. The summed E-state index contributed by atoms with van der Waals surface area (Å²) in [4.78, 5) is 17.5. The van der Waals surface area contributed by atoms with Crippen LogP contribution in [0.5, 0.6) is 0 Å². The van der Waals surface area contributed by atoms with Gasteiger partial charge in [0.2, 0.25) is 0 Å². The number of halogens is 4. The Bertz CT molecular complexity index is 666. The first-order valence-electron chi connectivity index (χ1n) is 5.82. The number of hydrogen-bond acceptors (Lipinski definition) is 3. The maximum absolute atomic E-state index is 13.4. The van der Waals surface area contributed by atoms with Crippen LogP contribution in [0.3, 0.4) is 0 Å². The zero-order valence-electron chi connectivity index (χ0n) is 10.5. The largest absolute Gasteiger partial charge is 0.478 e. The molecule has 1 aromatic heterocycles. The Labute approximate surface area is 115 Å². The number of carboxylic acids is 1. The number of alkyl halides is 3. The summed E-state index contributed by atoms with van der Waals surface area (Å²) in [5, 5.41) is 8.78. The molecule has 1 heterocycles. The highest BCUT2D eigenvalue weighted by Crippen LogP contribution is 2.18. The number of nitrogens with zero attached hydrogens (tertiary/aromatic N) is 1.